The van der Waals surface area contributed by atoms with Crippen LogP contribution in [-0.4, -0.2) is 48.3 Å². The lowest BCUT2D eigenvalue weighted by Crippen LogP contribution is -2.41. The molecule has 8 heteroatoms. The van der Waals surface area contributed by atoms with Crippen LogP contribution in [0.25, 0.3) is 0 Å². The van der Waals surface area contributed by atoms with E-state index in [-0.39, 0.29) is 29.5 Å². The highest BCUT2D eigenvalue weighted by Crippen LogP contribution is 2.23. The highest BCUT2D eigenvalue weighted by Gasteiger charge is 2.21. The van der Waals surface area contributed by atoms with E-state index in [1.807, 2.05) is 13.8 Å². The van der Waals surface area contributed by atoms with Crippen molar-refractivity contribution in [3.63, 3.8) is 0 Å². The molecule has 0 fully saturated rings. The third-order valence-electron chi connectivity index (χ3n) is 2.84. The number of aromatic nitrogens is 1. The monoisotopic (exact) mass is 344 g/mol. The molecule has 7 nitrogen and oxygen atoms in total. The van der Waals surface area contributed by atoms with Gasteiger partial charge in [-0.3, -0.25) is 4.79 Å². The summed E-state index contributed by atoms with van der Waals surface area (Å²) in [5, 5.41) is 11.7. The van der Waals surface area contributed by atoms with Gasteiger partial charge in [0, 0.05) is 26.3 Å². The molecule has 0 saturated heterocycles. The van der Waals surface area contributed by atoms with E-state index in [4.69, 9.17) is 26.2 Å². The molecule has 1 heterocycles. The minimum Gasteiger partial charge on any atom is -0.480 e. The molecule has 1 unspecified atom stereocenters. The fraction of sp³-hybridized carbons (Fsp3) is 0.533. The number of carbonyl (C=O) groups excluding carboxylic acids is 1. The number of nitrogens with one attached hydrogen (secondary N) is 1. The van der Waals surface area contributed by atoms with Gasteiger partial charge < -0.3 is 19.9 Å². The molecule has 0 aliphatic carbocycles. The number of rotatable bonds is 9. The van der Waals surface area contributed by atoms with Crippen molar-refractivity contribution in [3.05, 3.63) is 22.8 Å². The average molecular weight is 345 g/mol. The minimum atomic E-state index is -1.13. The van der Waals surface area contributed by atoms with E-state index in [9.17, 15) is 9.59 Å². The normalized spacial score (nSPS) is 12.0. The zero-order valence-corrected chi connectivity index (χ0v) is 14.1. The van der Waals surface area contributed by atoms with E-state index in [1.165, 1.54) is 19.4 Å². The van der Waals surface area contributed by atoms with E-state index in [0.29, 0.717) is 12.5 Å². The summed E-state index contributed by atoms with van der Waals surface area (Å²) in [5.41, 5.74) is 0.163. The second-order valence-corrected chi connectivity index (χ2v) is 5.77. The lowest BCUT2D eigenvalue weighted by atomic mass is 10.2. The van der Waals surface area contributed by atoms with Gasteiger partial charge in [-0.25, -0.2) is 9.78 Å². The lowest BCUT2D eigenvalue weighted by molar-refractivity contribution is -0.139. The second kappa shape index (κ2) is 9.32. The summed E-state index contributed by atoms with van der Waals surface area (Å²) in [5.74, 6) is -1.15. The van der Waals surface area contributed by atoms with Crippen molar-refractivity contribution in [2.75, 3.05) is 20.3 Å². The van der Waals surface area contributed by atoms with Gasteiger partial charge in [-0.15, -0.1) is 0 Å². The first kappa shape index (κ1) is 19.2. The van der Waals surface area contributed by atoms with E-state index >= 15 is 0 Å². The molecule has 0 bridgehead atoms. The molecule has 23 heavy (non-hydrogen) atoms. The zero-order chi connectivity index (χ0) is 17.4. The lowest BCUT2D eigenvalue weighted by Gasteiger charge is -2.14. The summed E-state index contributed by atoms with van der Waals surface area (Å²) in [6.07, 6.45) is 1.46. The summed E-state index contributed by atoms with van der Waals surface area (Å²) in [7, 11) is 1.46. The molecule has 1 amide bonds. The highest BCUT2D eigenvalue weighted by molar-refractivity contribution is 6.32. The Balaban J connectivity index is 2.75. The first-order chi connectivity index (χ1) is 10.8. The molecule has 128 valence electrons. The SMILES string of the molecule is COCCC(NC(=O)c1cnc(OCC(C)C)c(Cl)c1)C(=O)O. The Bertz CT molecular complexity index is 551. The molecule has 1 atom stereocenters. The van der Waals surface area contributed by atoms with Crippen LogP contribution in [0.4, 0.5) is 0 Å². The Morgan fingerprint density at radius 3 is 2.65 bits per heavy atom. The summed E-state index contributed by atoms with van der Waals surface area (Å²) < 4.78 is 10.2. The molecule has 0 aromatic carbocycles. The van der Waals surface area contributed by atoms with Crippen molar-refractivity contribution in [3.8, 4) is 5.88 Å². The van der Waals surface area contributed by atoms with Crippen molar-refractivity contribution in [1.29, 1.82) is 0 Å². The number of hydrogen-bond donors (Lipinski definition) is 2. The molecule has 0 aliphatic rings. The number of halogens is 1. The number of ether oxygens (including phenoxy) is 2. The number of amides is 1. The Kier molecular flexibility index (Phi) is 7.77. The largest absolute Gasteiger partial charge is 0.480 e. The van der Waals surface area contributed by atoms with Gasteiger partial charge in [0.15, 0.2) is 0 Å². The number of carboxylic acids is 1. The fourth-order valence-electron chi connectivity index (χ4n) is 1.64. The molecule has 0 aliphatic heterocycles. The molecular weight excluding hydrogens is 324 g/mol. The molecule has 0 saturated carbocycles. The molecule has 1 aromatic rings. The molecule has 1 rings (SSSR count). The van der Waals surface area contributed by atoms with Gasteiger partial charge in [-0.2, -0.15) is 0 Å². The number of carbonyl (C=O) groups is 2. The van der Waals surface area contributed by atoms with Crippen LogP contribution in [0.5, 0.6) is 5.88 Å². The Labute approximate surface area is 139 Å². The molecular formula is C15H21ClN2O5. The van der Waals surface area contributed by atoms with Crippen LogP contribution in [0.2, 0.25) is 5.02 Å². The van der Waals surface area contributed by atoms with E-state index in [1.54, 1.807) is 0 Å². The van der Waals surface area contributed by atoms with Crippen molar-refractivity contribution < 1.29 is 24.2 Å². The van der Waals surface area contributed by atoms with Crippen LogP contribution in [0.15, 0.2) is 12.3 Å². The van der Waals surface area contributed by atoms with Gasteiger partial charge in [-0.1, -0.05) is 25.4 Å². The maximum Gasteiger partial charge on any atom is 0.326 e. The van der Waals surface area contributed by atoms with Crippen LogP contribution in [-0.2, 0) is 9.53 Å². The summed E-state index contributed by atoms with van der Waals surface area (Å²) >= 11 is 6.04. The van der Waals surface area contributed by atoms with Crippen molar-refractivity contribution >= 4 is 23.5 Å². The number of carboxylic acid groups (broad SMARTS) is 1. The number of pyridine rings is 1. The van der Waals surface area contributed by atoms with Crippen LogP contribution >= 0.6 is 11.6 Å². The molecule has 1 aromatic heterocycles. The number of aliphatic carboxylic acids is 1. The number of methoxy groups -OCH3 is 1. The molecule has 0 radical (unpaired) electrons. The summed E-state index contributed by atoms with van der Waals surface area (Å²) in [6, 6.07) is 0.354. The van der Waals surface area contributed by atoms with Crippen LogP contribution in [0, 0.1) is 5.92 Å². The van der Waals surface area contributed by atoms with Crippen LogP contribution < -0.4 is 10.1 Å². The number of nitrogens with zero attached hydrogens (tertiary/aromatic N) is 1. The minimum absolute atomic E-state index is 0.161. The highest BCUT2D eigenvalue weighted by atomic mass is 35.5. The van der Waals surface area contributed by atoms with Gasteiger partial charge in [0.2, 0.25) is 5.88 Å². The van der Waals surface area contributed by atoms with Gasteiger partial charge >= 0.3 is 5.97 Å². The smallest absolute Gasteiger partial charge is 0.326 e. The van der Waals surface area contributed by atoms with E-state index in [2.05, 4.69) is 10.3 Å². The van der Waals surface area contributed by atoms with Crippen LogP contribution in [0.1, 0.15) is 30.6 Å². The fourth-order valence-corrected chi connectivity index (χ4v) is 1.86. The average Bonchev–Trinajstić information content (AvgIpc) is 2.49. The standard InChI is InChI=1S/C15H21ClN2O5/c1-9(2)8-23-14-11(16)6-10(7-17-14)13(19)18-12(15(20)21)4-5-22-3/h6-7,9,12H,4-5,8H2,1-3H3,(H,18,19)(H,20,21). The predicted molar refractivity (Wildman–Crippen MR) is 85.0 cm³/mol. The van der Waals surface area contributed by atoms with E-state index < -0.39 is 17.9 Å². The van der Waals surface area contributed by atoms with Crippen molar-refractivity contribution in [2.24, 2.45) is 5.92 Å². The summed E-state index contributed by atoms with van der Waals surface area (Å²) in [6.45, 7) is 4.65. The molecule has 0 spiro atoms. The summed E-state index contributed by atoms with van der Waals surface area (Å²) in [4.78, 5) is 27.2. The van der Waals surface area contributed by atoms with Gasteiger partial charge in [0.25, 0.3) is 5.91 Å². The van der Waals surface area contributed by atoms with Gasteiger partial charge in [0.05, 0.1) is 12.2 Å². The van der Waals surface area contributed by atoms with Crippen molar-refractivity contribution in [1.82, 2.24) is 10.3 Å². The third kappa shape index (κ3) is 6.42. The molecule has 2 N–H and O–H groups in total. The van der Waals surface area contributed by atoms with Gasteiger partial charge in [0.1, 0.15) is 11.1 Å². The zero-order valence-electron chi connectivity index (χ0n) is 13.3. The first-order valence-electron chi connectivity index (χ1n) is 7.16. The Morgan fingerprint density at radius 2 is 2.13 bits per heavy atom. The van der Waals surface area contributed by atoms with Gasteiger partial charge in [-0.05, 0) is 12.0 Å². The first-order valence-corrected chi connectivity index (χ1v) is 7.53. The number of hydrogen-bond acceptors (Lipinski definition) is 5. The van der Waals surface area contributed by atoms with E-state index in [0.717, 1.165) is 0 Å². The quantitative estimate of drug-likeness (QED) is 0.711. The Hall–Kier alpha value is -1.86. The predicted octanol–water partition coefficient (Wildman–Crippen LogP) is 1.99. The van der Waals surface area contributed by atoms with Crippen molar-refractivity contribution in [2.45, 2.75) is 26.3 Å². The maximum atomic E-state index is 12.1. The second-order valence-electron chi connectivity index (χ2n) is 5.36. The topological polar surface area (TPSA) is 97.8 Å². The van der Waals surface area contributed by atoms with Crippen LogP contribution in [0.3, 0.4) is 0 Å². The maximum absolute atomic E-state index is 12.1. The Morgan fingerprint density at radius 1 is 1.43 bits per heavy atom. The third-order valence-corrected chi connectivity index (χ3v) is 3.11.